The van der Waals surface area contributed by atoms with Crippen molar-refractivity contribution in [3.63, 3.8) is 0 Å². The molecular formula is C18H16N2O3. The van der Waals surface area contributed by atoms with Crippen LogP contribution < -0.4 is 5.56 Å². The molecule has 5 heteroatoms. The zero-order valence-electron chi connectivity index (χ0n) is 12.9. The molecule has 0 aliphatic carbocycles. The maximum absolute atomic E-state index is 12.7. The van der Waals surface area contributed by atoms with Gasteiger partial charge in [-0.2, -0.15) is 0 Å². The average Bonchev–Trinajstić information content (AvgIpc) is 2.58. The summed E-state index contributed by atoms with van der Waals surface area (Å²) in [5.74, 6) is -0.452. The molecule has 0 spiro atoms. The van der Waals surface area contributed by atoms with Crippen molar-refractivity contribution >= 4 is 16.7 Å². The molecule has 0 amide bonds. The Morgan fingerprint density at radius 2 is 2.09 bits per heavy atom. The van der Waals surface area contributed by atoms with Gasteiger partial charge in [-0.3, -0.25) is 9.78 Å². The van der Waals surface area contributed by atoms with Crippen LogP contribution in [0.1, 0.15) is 21.5 Å². The van der Waals surface area contributed by atoms with Crippen LogP contribution in [0.25, 0.3) is 10.8 Å². The van der Waals surface area contributed by atoms with Gasteiger partial charge in [0.05, 0.1) is 19.2 Å². The van der Waals surface area contributed by atoms with Crippen molar-refractivity contribution in [2.45, 2.75) is 13.5 Å². The lowest BCUT2D eigenvalue weighted by Crippen LogP contribution is -2.20. The number of methoxy groups -OCH3 is 1. The van der Waals surface area contributed by atoms with Crippen LogP contribution in [0, 0.1) is 6.92 Å². The summed E-state index contributed by atoms with van der Waals surface area (Å²) in [6.45, 7) is 2.43. The Labute approximate surface area is 133 Å². The van der Waals surface area contributed by atoms with Crippen molar-refractivity contribution in [3.05, 3.63) is 76.0 Å². The molecule has 3 aromatic rings. The van der Waals surface area contributed by atoms with E-state index in [2.05, 4.69) is 4.98 Å². The van der Waals surface area contributed by atoms with Crippen LogP contribution in [0.15, 0.2) is 53.7 Å². The lowest BCUT2D eigenvalue weighted by Gasteiger charge is -2.10. The Bertz CT molecular complexity index is 944. The SMILES string of the molecule is COC(=O)c1ccc2ccn(Cc3ccncc3C)c(=O)c2c1. The van der Waals surface area contributed by atoms with E-state index in [1.165, 1.54) is 7.11 Å². The highest BCUT2D eigenvalue weighted by Crippen LogP contribution is 2.14. The third-order valence-electron chi connectivity index (χ3n) is 3.88. The second-order valence-corrected chi connectivity index (χ2v) is 5.34. The quantitative estimate of drug-likeness (QED) is 0.698. The molecule has 0 aliphatic heterocycles. The van der Waals surface area contributed by atoms with Crippen molar-refractivity contribution < 1.29 is 9.53 Å². The standard InChI is InChI=1S/C18H16N2O3/c1-12-10-19-7-5-15(12)11-20-8-6-13-3-4-14(18(22)23-2)9-16(13)17(20)21/h3-10H,11H2,1-2H3. The molecule has 0 N–H and O–H groups in total. The number of aromatic nitrogens is 2. The van der Waals surface area contributed by atoms with Gasteiger partial charge in [0.25, 0.3) is 5.56 Å². The number of benzene rings is 1. The molecule has 23 heavy (non-hydrogen) atoms. The number of aryl methyl sites for hydroxylation is 1. The van der Waals surface area contributed by atoms with Crippen molar-refractivity contribution in [1.82, 2.24) is 9.55 Å². The van der Waals surface area contributed by atoms with E-state index in [1.807, 2.05) is 19.1 Å². The predicted octanol–water partition coefficient (Wildman–Crippen LogP) is 2.54. The van der Waals surface area contributed by atoms with Gasteiger partial charge in [-0.1, -0.05) is 6.07 Å². The topological polar surface area (TPSA) is 61.2 Å². The zero-order chi connectivity index (χ0) is 16.4. The van der Waals surface area contributed by atoms with Crippen LogP contribution in [-0.2, 0) is 11.3 Å². The minimum absolute atomic E-state index is 0.135. The van der Waals surface area contributed by atoms with Gasteiger partial charge >= 0.3 is 5.97 Å². The van der Waals surface area contributed by atoms with Crippen LogP contribution in [0.5, 0.6) is 0 Å². The molecule has 0 bridgehead atoms. The number of pyridine rings is 2. The highest BCUT2D eigenvalue weighted by molar-refractivity contribution is 5.95. The Hall–Kier alpha value is -2.95. The number of carbonyl (C=O) groups excluding carboxylic acids is 1. The van der Waals surface area contributed by atoms with E-state index in [-0.39, 0.29) is 5.56 Å². The first-order valence-electron chi connectivity index (χ1n) is 7.21. The largest absolute Gasteiger partial charge is 0.465 e. The van der Waals surface area contributed by atoms with Crippen molar-refractivity contribution in [1.29, 1.82) is 0 Å². The van der Waals surface area contributed by atoms with Crippen LogP contribution in [0.3, 0.4) is 0 Å². The zero-order valence-corrected chi connectivity index (χ0v) is 12.9. The third kappa shape index (κ3) is 2.85. The maximum atomic E-state index is 12.7. The molecule has 3 rings (SSSR count). The van der Waals surface area contributed by atoms with Crippen LogP contribution in [-0.4, -0.2) is 22.6 Å². The molecule has 5 nitrogen and oxygen atoms in total. The number of rotatable bonds is 3. The van der Waals surface area contributed by atoms with Gasteiger partial charge in [0.1, 0.15) is 0 Å². The lowest BCUT2D eigenvalue weighted by molar-refractivity contribution is 0.0601. The van der Waals surface area contributed by atoms with E-state index in [0.29, 0.717) is 17.5 Å². The second kappa shape index (κ2) is 6.04. The molecule has 116 valence electrons. The molecule has 0 aliphatic rings. The van der Waals surface area contributed by atoms with Gasteiger partial charge in [-0.15, -0.1) is 0 Å². The minimum Gasteiger partial charge on any atom is -0.465 e. The summed E-state index contributed by atoms with van der Waals surface area (Å²) in [4.78, 5) is 28.4. The Kier molecular flexibility index (Phi) is 3.93. The minimum atomic E-state index is -0.452. The number of esters is 1. The summed E-state index contributed by atoms with van der Waals surface area (Å²) < 4.78 is 6.34. The molecule has 0 atom stereocenters. The van der Waals surface area contributed by atoms with Gasteiger partial charge < -0.3 is 9.30 Å². The second-order valence-electron chi connectivity index (χ2n) is 5.34. The molecule has 0 unspecified atom stereocenters. The van der Waals surface area contributed by atoms with Crippen molar-refractivity contribution in [3.8, 4) is 0 Å². The summed E-state index contributed by atoms with van der Waals surface area (Å²) >= 11 is 0. The number of hydrogen-bond acceptors (Lipinski definition) is 4. The van der Waals surface area contributed by atoms with Crippen LogP contribution in [0.2, 0.25) is 0 Å². The van der Waals surface area contributed by atoms with E-state index in [9.17, 15) is 9.59 Å². The molecule has 0 saturated heterocycles. The molecular weight excluding hydrogens is 292 g/mol. The highest BCUT2D eigenvalue weighted by Gasteiger charge is 2.10. The molecule has 2 aromatic heterocycles. The highest BCUT2D eigenvalue weighted by atomic mass is 16.5. The average molecular weight is 308 g/mol. The fourth-order valence-corrected chi connectivity index (χ4v) is 2.51. The summed E-state index contributed by atoms with van der Waals surface area (Å²) in [6, 6.07) is 8.76. The van der Waals surface area contributed by atoms with Gasteiger partial charge in [-0.05, 0) is 47.7 Å². The van der Waals surface area contributed by atoms with E-state index in [0.717, 1.165) is 16.5 Å². The number of carbonyl (C=O) groups is 1. The Morgan fingerprint density at radius 1 is 1.26 bits per heavy atom. The summed E-state index contributed by atoms with van der Waals surface area (Å²) in [5.41, 5.74) is 2.30. The van der Waals surface area contributed by atoms with E-state index in [1.54, 1.807) is 41.4 Å². The fourth-order valence-electron chi connectivity index (χ4n) is 2.51. The van der Waals surface area contributed by atoms with E-state index < -0.39 is 5.97 Å². The van der Waals surface area contributed by atoms with Crippen LogP contribution >= 0.6 is 0 Å². The van der Waals surface area contributed by atoms with Gasteiger partial charge in [0.15, 0.2) is 0 Å². The van der Waals surface area contributed by atoms with Gasteiger partial charge in [-0.25, -0.2) is 4.79 Å². The summed E-state index contributed by atoms with van der Waals surface area (Å²) in [7, 11) is 1.32. The van der Waals surface area contributed by atoms with E-state index >= 15 is 0 Å². The first-order chi connectivity index (χ1) is 11.1. The Balaban J connectivity index is 2.09. The van der Waals surface area contributed by atoms with Crippen molar-refractivity contribution in [2.24, 2.45) is 0 Å². The molecule has 0 fully saturated rings. The number of ether oxygens (including phenoxy) is 1. The number of nitrogens with zero attached hydrogens (tertiary/aromatic N) is 2. The molecule has 0 radical (unpaired) electrons. The number of hydrogen-bond donors (Lipinski definition) is 0. The first-order valence-corrected chi connectivity index (χ1v) is 7.21. The smallest absolute Gasteiger partial charge is 0.337 e. The van der Waals surface area contributed by atoms with Crippen molar-refractivity contribution in [2.75, 3.05) is 7.11 Å². The molecule has 0 saturated carbocycles. The van der Waals surface area contributed by atoms with Gasteiger partial charge in [0, 0.05) is 24.0 Å². The number of fused-ring (bicyclic) bond motifs is 1. The summed E-state index contributed by atoms with van der Waals surface area (Å²) in [6.07, 6.45) is 5.25. The fraction of sp³-hybridized carbons (Fsp3) is 0.167. The van der Waals surface area contributed by atoms with E-state index in [4.69, 9.17) is 4.74 Å². The predicted molar refractivity (Wildman–Crippen MR) is 87.6 cm³/mol. The van der Waals surface area contributed by atoms with Crippen LogP contribution in [0.4, 0.5) is 0 Å². The first kappa shape index (κ1) is 15.0. The molecule has 2 heterocycles. The van der Waals surface area contributed by atoms with Gasteiger partial charge in [0.2, 0.25) is 0 Å². The lowest BCUT2D eigenvalue weighted by atomic mass is 10.1. The maximum Gasteiger partial charge on any atom is 0.337 e. The summed E-state index contributed by atoms with van der Waals surface area (Å²) in [5, 5.41) is 1.30. The molecule has 1 aromatic carbocycles. The monoisotopic (exact) mass is 308 g/mol. The Morgan fingerprint density at radius 3 is 2.83 bits per heavy atom. The third-order valence-corrected chi connectivity index (χ3v) is 3.88. The normalized spacial score (nSPS) is 10.7.